The van der Waals surface area contributed by atoms with Crippen molar-refractivity contribution in [3.8, 4) is 5.75 Å². The average Bonchev–Trinajstić information content (AvgIpc) is 3.16. The molecule has 0 fully saturated rings. The Morgan fingerprint density at radius 1 is 1.08 bits per heavy atom. The summed E-state index contributed by atoms with van der Waals surface area (Å²) in [6, 6.07) is 15.4. The first-order valence-electron chi connectivity index (χ1n) is 7.76. The number of rotatable bonds is 4. The standard InChI is InChI=1S/C19H15N3O3/c20-22-18(23)9-15(19(22)24)16-10-21-17-7-6-13(8-14(16)17)25-11-12-4-2-1-3-5-12/h1-10,21H,11,20H2. The van der Waals surface area contributed by atoms with E-state index in [1.165, 1.54) is 6.08 Å². The topological polar surface area (TPSA) is 88.4 Å². The Labute approximate surface area is 143 Å². The van der Waals surface area contributed by atoms with Gasteiger partial charge in [0.15, 0.2) is 0 Å². The summed E-state index contributed by atoms with van der Waals surface area (Å²) in [6.07, 6.45) is 2.95. The molecule has 2 heterocycles. The molecule has 124 valence electrons. The molecule has 1 aliphatic rings. The Hall–Kier alpha value is -3.38. The van der Waals surface area contributed by atoms with Crippen molar-refractivity contribution in [1.29, 1.82) is 0 Å². The van der Waals surface area contributed by atoms with Crippen LogP contribution in [0.25, 0.3) is 16.5 Å². The normalized spacial score (nSPS) is 14.3. The minimum Gasteiger partial charge on any atom is -0.489 e. The summed E-state index contributed by atoms with van der Waals surface area (Å²) in [6.45, 7) is 0.447. The quantitative estimate of drug-likeness (QED) is 0.436. The van der Waals surface area contributed by atoms with E-state index in [1.54, 1.807) is 6.20 Å². The highest BCUT2D eigenvalue weighted by Crippen LogP contribution is 2.31. The number of hydrogen-bond donors (Lipinski definition) is 2. The molecule has 2 amide bonds. The minimum atomic E-state index is -0.522. The lowest BCUT2D eigenvalue weighted by Gasteiger charge is -2.08. The number of carbonyl (C=O) groups excluding carboxylic acids is 2. The molecule has 3 aromatic rings. The van der Waals surface area contributed by atoms with Crippen molar-refractivity contribution in [2.75, 3.05) is 0 Å². The van der Waals surface area contributed by atoms with E-state index < -0.39 is 11.8 Å². The van der Waals surface area contributed by atoms with Crippen molar-refractivity contribution in [3.05, 3.63) is 71.9 Å². The third-order valence-corrected chi connectivity index (χ3v) is 4.15. The smallest absolute Gasteiger partial charge is 0.276 e. The molecule has 1 aromatic heterocycles. The third kappa shape index (κ3) is 2.68. The molecule has 2 aromatic carbocycles. The highest BCUT2D eigenvalue weighted by molar-refractivity contribution is 6.34. The third-order valence-electron chi connectivity index (χ3n) is 4.15. The van der Waals surface area contributed by atoms with Crippen LogP contribution >= 0.6 is 0 Å². The number of aromatic amines is 1. The van der Waals surface area contributed by atoms with Crippen LogP contribution in [0.15, 0.2) is 60.8 Å². The van der Waals surface area contributed by atoms with Crippen molar-refractivity contribution in [2.24, 2.45) is 5.84 Å². The summed E-state index contributed by atoms with van der Waals surface area (Å²) in [5.74, 6) is 5.10. The summed E-state index contributed by atoms with van der Waals surface area (Å²) >= 11 is 0. The van der Waals surface area contributed by atoms with Crippen molar-refractivity contribution >= 4 is 28.3 Å². The predicted molar refractivity (Wildman–Crippen MR) is 93.1 cm³/mol. The van der Waals surface area contributed by atoms with Crippen LogP contribution in [-0.2, 0) is 16.2 Å². The minimum absolute atomic E-state index is 0.277. The van der Waals surface area contributed by atoms with Gasteiger partial charge in [-0.05, 0) is 23.8 Å². The molecule has 0 spiro atoms. The van der Waals surface area contributed by atoms with Crippen LogP contribution in [0.5, 0.6) is 5.75 Å². The van der Waals surface area contributed by atoms with Crippen LogP contribution in [0.1, 0.15) is 11.1 Å². The number of ether oxygens (including phenoxy) is 1. The molecule has 6 heteroatoms. The van der Waals surface area contributed by atoms with Gasteiger partial charge in [0.1, 0.15) is 12.4 Å². The molecule has 0 radical (unpaired) electrons. The Morgan fingerprint density at radius 2 is 1.88 bits per heavy atom. The molecular formula is C19H15N3O3. The molecule has 0 atom stereocenters. The number of amides is 2. The zero-order valence-electron chi connectivity index (χ0n) is 13.2. The maximum absolute atomic E-state index is 12.1. The fourth-order valence-corrected chi connectivity index (χ4v) is 2.83. The number of imide groups is 1. The number of nitrogens with one attached hydrogen (secondary N) is 1. The number of fused-ring (bicyclic) bond motifs is 1. The van der Waals surface area contributed by atoms with Gasteiger partial charge < -0.3 is 9.72 Å². The predicted octanol–water partition coefficient (Wildman–Crippen LogP) is 2.37. The van der Waals surface area contributed by atoms with Crippen LogP contribution in [-0.4, -0.2) is 21.8 Å². The van der Waals surface area contributed by atoms with E-state index in [2.05, 4.69) is 4.98 Å². The number of H-pyrrole nitrogens is 1. The number of carbonyl (C=O) groups is 2. The Kier molecular flexibility index (Phi) is 3.59. The number of benzene rings is 2. The van der Waals surface area contributed by atoms with Crippen molar-refractivity contribution < 1.29 is 14.3 Å². The van der Waals surface area contributed by atoms with Gasteiger partial charge in [0.2, 0.25) is 0 Å². The number of hydrazine groups is 1. The molecular weight excluding hydrogens is 318 g/mol. The summed E-state index contributed by atoms with van der Waals surface area (Å²) < 4.78 is 5.84. The second kappa shape index (κ2) is 5.92. The van der Waals surface area contributed by atoms with E-state index in [1.807, 2.05) is 48.5 Å². The van der Waals surface area contributed by atoms with Gasteiger partial charge in [-0.25, -0.2) is 10.9 Å². The Balaban J connectivity index is 1.65. The first-order chi connectivity index (χ1) is 12.1. The van der Waals surface area contributed by atoms with E-state index in [0.717, 1.165) is 16.5 Å². The van der Waals surface area contributed by atoms with Crippen LogP contribution in [0.2, 0.25) is 0 Å². The lowest BCUT2D eigenvalue weighted by Crippen LogP contribution is -2.37. The second-order valence-corrected chi connectivity index (χ2v) is 5.76. The van der Waals surface area contributed by atoms with Crippen molar-refractivity contribution in [1.82, 2.24) is 9.99 Å². The largest absolute Gasteiger partial charge is 0.489 e. The molecule has 0 aliphatic carbocycles. The summed E-state index contributed by atoms with van der Waals surface area (Å²) in [5, 5.41) is 1.41. The number of nitrogens with two attached hydrogens (primary N) is 1. The molecule has 1 aliphatic heterocycles. The first kappa shape index (κ1) is 15.2. The van der Waals surface area contributed by atoms with Crippen LogP contribution in [0, 0.1) is 0 Å². The number of nitrogens with zero attached hydrogens (tertiary/aromatic N) is 1. The molecule has 25 heavy (non-hydrogen) atoms. The molecule has 0 saturated carbocycles. The van der Waals surface area contributed by atoms with E-state index >= 15 is 0 Å². The Bertz CT molecular complexity index is 1010. The summed E-state index contributed by atoms with van der Waals surface area (Å²) in [4.78, 5) is 26.8. The van der Waals surface area contributed by atoms with E-state index in [-0.39, 0.29) is 5.57 Å². The number of aromatic nitrogens is 1. The summed E-state index contributed by atoms with van der Waals surface area (Å²) in [7, 11) is 0. The lowest BCUT2D eigenvalue weighted by molar-refractivity contribution is -0.136. The highest BCUT2D eigenvalue weighted by Gasteiger charge is 2.30. The number of hydrogen-bond acceptors (Lipinski definition) is 4. The van der Waals surface area contributed by atoms with E-state index in [0.29, 0.717) is 22.9 Å². The van der Waals surface area contributed by atoms with Crippen LogP contribution in [0.3, 0.4) is 0 Å². The maximum atomic E-state index is 12.1. The lowest BCUT2D eigenvalue weighted by atomic mass is 10.1. The second-order valence-electron chi connectivity index (χ2n) is 5.76. The van der Waals surface area contributed by atoms with Crippen molar-refractivity contribution in [3.63, 3.8) is 0 Å². The van der Waals surface area contributed by atoms with Gasteiger partial charge in [0.25, 0.3) is 11.8 Å². The average molecular weight is 333 g/mol. The maximum Gasteiger partial charge on any atom is 0.276 e. The highest BCUT2D eigenvalue weighted by atomic mass is 16.5. The monoisotopic (exact) mass is 333 g/mol. The van der Waals surface area contributed by atoms with Gasteiger partial charge in [-0.3, -0.25) is 9.59 Å². The molecule has 6 nitrogen and oxygen atoms in total. The SMILES string of the molecule is NN1C(=O)C=C(c2c[nH]c3ccc(OCc4ccccc4)cc23)C1=O. The molecule has 0 saturated heterocycles. The van der Waals surface area contributed by atoms with Gasteiger partial charge >= 0.3 is 0 Å². The molecule has 0 unspecified atom stereocenters. The van der Waals surface area contributed by atoms with Crippen LogP contribution < -0.4 is 10.6 Å². The van der Waals surface area contributed by atoms with E-state index in [4.69, 9.17) is 10.6 Å². The van der Waals surface area contributed by atoms with Gasteiger partial charge in [0, 0.05) is 28.7 Å². The van der Waals surface area contributed by atoms with Gasteiger partial charge in [-0.15, -0.1) is 0 Å². The fourth-order valence-electron chi connectivity index (χ4n) is 2.83. The zero-order chi connectivity index (χ0) is 17.4. The molecule has 3 N–H and O–H groups in total. The van der Waals surface area contributed by atoms with Gasteiger partial charge in [0.05, 0.1) is 5.57 Å². The van der Waals surface area contributed by atoms with Crippen molar-refractivity contribution in [2.45, 2.75) is 6.61 Å². The first-order valence-corrected chi connectivity index (χ1v) is 7.76. The van der Waals surface area contributed by atoms with E-state index in [9.17, 15) is 9.59 Å². The van der Waals surface area contributed by atoms with Crippen LogP contribution in [0.4, 0.5) is 0 Å². The van der Waals surface area contributed by atoms with Gasteiger partial charge in [-0.1, -0.05) is 30.3 Å². The summed E-state index contributed by atoms with van der Waals surface area (Å²) in [5.41, 5.74) is 2.82. The zero-order valence-corrected chi connectivity index (χ0v) is 13.2. The Morgan fingerprint density at radius 3 is 2.60 bits per heavy atom. The fraction of sp³-hybridized carbons (Fsp3) is 0.0526. The van der Waals surface area contributed by atoms with Gasteiger partial charge in [-0.2, -0.15) is 0 Å². The molecule has 0 bridgehead atoms. The molecule has 4 rings (SSSR count).